The van der Waals surface area contributed by atoms with Gasteiger partial charge in [-0.05, 0) is 82.1 Å². The van der Waals surface area contributed by atoms with Gasteiger partial charge in [0.25, 0.3) is 0 Å². The van der Waals surface area contributed by atoms with Gasteiger partial charge >= 0.3 is 0 Å². The first-order chi connectivity index (χ1) is 13.0. The van der Waals surface area contributed by atoms with Gasteiger partial charge in [0.05, 0.1) is 6.17 Å². The van der Waals surface area contributed by atoms with Gasteiger partial charge in [-0.3, -0.25) is 14.9 Å². The molecule has 0 aromatic rings. The van der Waals surface area contributed by atoms with Gasteiger partial charge in [0.2, 0.25) is 5.91 Å². The Labute approximate surface area is 163 Å². The van der Waals surface area contributed by atoms with Crippen LogP contribution in [0.15, 0.2) is 0 Å². The van der Waals surface area contributed by atoms with Crippen LogP contribution in [0.3, 0.4) is 0 Å². The molecule has 2 aliphatic carbocycles. The molecule has 2 saturated heterocycles. The Kier molecular flexibility index (Phi) is 6.07. The number of hydrogen-bond acceptors (Lipinski definition) is 5. The van der Waals surface area contributed by atoms with Gasteiger partial charge < -0.3 is 10.6 Å². The molecule has 0 radical (unpaired) electrons. The summed E-state index contributed by atoms with van der Waals surface area (Å²) in [5, 5.41) is 10.5. The molecule has 0 aromatic carbocycles. The van der Waals surface area contributed by atoms with E-state index >= 15 is 0 Å². The van der Waals surface area contributed by atoms with Crippen molar-refractivity contribution in [1.29, 1.82) is 0 Å². The minimum absolute atomic E-state index is 0.113. The Bertz CT molecular complexity index is 528. The van der Waals surface area contributed by atoms with Crippen LogP contribution >= 0.6 is 0 Å². The van der Waals surface area contributed by atoms with Crippen LogP contribution in [0.2, 0.25) is 0 Å². The molecule has 4 rings (SSSR count). The summed E-state index contributed by atoms with van der Waals surface area (Å²) < 4.78 is 0. The minimum atomic E-state index is 0.113. The van der Waals surface area contributed by atoms with E-state index in [1.807, 2.05) is 0 Å². The third-order valence-corrected chi connectivity index (χ3v) is 7.50. The summed E-state index contributed by atoms with van der Waals surface area (Å²) >= 11 is 0. The van der Waals surface area contributed by atoms with Gasteiger partial charge in [0.1, 0.15) is 6.23 Å². The van der Waals surface area contributed by atoms with E-state index < -0.39 is 0 Å². The molecule has 27 heavy (non-hydrogen) atoms. The van der Waals surface area contributed by atoms with Crippen molar-refractivity contribution in [2.24, 2.45) is 29.6 Å². The fourth-order valence-electron chi connectivity index (χ4n) is 5.95. The summed E-state index contributed by atoms with van der Waals surface area (Å²) in [5.41, 5.74) is 3.23. The van der Waals surface area contributed by atoms with Crippen LogP contribution in [0.25, 0.3) is 0 Å². The van der Waals surface area contributed by atoms with Crippen molar-refractivity contribution in [1.82, 2.24) is 21.4 Å². The van der Waals surface area contributed by atoms with E-state index in [0.29, 0.717) is 41.7 Å². The number of fused-ring (bicyclic) bond motifs is 1. The number of piperidine rings is 1. The maximum absolute atomic E-state index is 13.0. The average molecular weight is 379 g/mol. The quantitative estimate of drug-likeness (QED) is 0.603. The number of hydrogen-bond donors (Lipinski definition) is 4. The topological polar surface area (TPSA) is 74.4 Å². The SMILES string of the molecule is CC1CC(NC(=O)[C@H]2CCC3CC(C4NOC(C(C)C)N4)CCC32)CCN1. The highest BCUT2D eigenvalue weighted by molar-refractivity contribution is 5.79. The molecule has 1 amide bonds. The summed E-state index contributed by atoms with van der Waals surface area (Å²) in [7, 11) is 0. The molecular formula is C21H38N4O2. The molecule has 6 heteroatoms. The summed E-state index contributed by atoms with van der Waals surface area (Å²) in [6, 6.07) is 0.875. The Balaban J connectivity index is 1.28. The van der Waals surface area contributed by atoms with Crippen molar-refractivity contribution in [2.45, 2.75) is 90.2 Å². The average Bonchev–Trinajstić information content (AvgIpc) is 3.28. The van der Waals surface area contributed by atoms with Crippen LogP contribution in [0, 0.1) is 29.6 Å². The van der Waals surface area contributed by atoms with Crippen molar-refractivity contribution in [3.8, 4) is 0 Å². The Hall–Kier alpha value is -0.690. The van der Waals surface area contributed by atoms with E-state index in [1.54, 1.807) is 0 Å². The van der Waals surface area contributed by atoms with Crippen LogP contribution in [0.4, 0.5) is 0 Å². The molecule has 2 heterocycles. The van der Waals surface area contributed by atoms with Gasteiger partial charge in [0, 0.05) is 18.0 Å². The van der Waals surface area contributed by atoms with Crippen molar-refractivity contribution >= 4 is 5.91 Å². The van der Waals surface area contributed by atoms with Crippen LogP contribution in [-0.4, -0.2) is 36.9 Å². The van der Waals surface area contributed by atoms with Gasteiger partial charge in [0.15, 0.2) is 0 Å². The number of carbonyl (C=O) groups excluding carboxylic acids is 1. The third kappa shape index (κ3) is 4.34. The molecule has 8 atom stereocenters. The van der Waals surface area contributed by atoms with Crippen LogP contribution in [0.1, 0.15) is 65.7 Å². The van der Waals surface area contributed by atoms with Crippen molar-refractivity contribution in [3.63, 3.8) is 0 Å². The predicted molar refractivity (Wildman–Crippen MR) is 105 cm³/mol. The fourth-order valence-corrected chi connectivity index (χ4v) is 5.95. The normalized spacial score (nSPS) is 45.0. The van der Waals surface area contributed by atoms with Gasteiger partial charge in [-0.1, -0.05) is 13.8 Å². The largest absolute Gasteiger partial charge is 0.353 e. The molecule has 6 nitrogen and oxygen atoms in total. The van der Waals surface area contributed by atoms with Crippen molar-refractivity contribution in [3.05, 3.63) is 0 Å². The zero-order chi connectivity index (χ0) is 19.0. The lowest BCUT2D eigenvalue weighted by Crippen LogP contribution is -2.49. The van der Waals surface area contributed by atoms with Gasteiger partial charge in [-0.25, -0.2) is 0 Å². The highest BCUT2D eigenvalue weighted by atomic mass is 16.7. The maximum atomic E-state index is 13.0. The molecule has 7 unspecified atom stereocenters. The Morgan fingerprint density at radius 3 is 2.63 bits per heavy atom. The highest BCUT2D eigenvalue weighted by Gasteiger charge is 2.46. The molecule has 2 aliphatic heterocycles. The van der Waals surface area contributed by atoms with Crippen LogP contribution < -0.4 is 21.4 Å². The maximum Gasteiger partial charge on any atom is 0.223 e. The van der Waals surface area contributed by atoms with E-state index in [4.69, 9.17) is 4.84 Å². The summed E-state index contributed by atoms with van der Waals surface area (Å²) in [5.74, 6) is 2.95. The number of hydroxylamine groups is 1. The van der Waals surface area contributed by atoms with Gasteiger partial charge in [-0.2, -0.15) is 5.48 Å². The highest BCUT2D eigenvalue weighted by Crippen LogP contribution is 2.48. The van der Waals surface area contributed by atoms with E-state index in [2.05, 4.69) is 42.2 Å². The lowest BCUT2D eigenvalue weighted by Gasteiger charge is -2.37. The van der Waals surface area contributed by atoms with E-state index in [9.17, 15) is 4.79 Å². The summed E-state index contributed by atoms with van der Waals surface area (Å²) in [6.07, 6.45) is 8.38. The molecule has 4 N–H and O–H groups in total. The second-order valence-corrected chi connectivity index (χ2v) is 9.81. The second-order valence-electron chi connectivity index (χ2n) is 9.81. The van der Waals surface area contributed by atoms with Crippen molar-refractivity contribution < 1.29 is 9.63 Å². The molecule has 0 spiro atoms. The Morgan fingerprint density at radius 1 is 1.07 bits per heavy atom. The molecule has 2 saturated carbocycles. The van der Waals surface area contributed by atoms with Gasteiger partial charge in [-0.15, -0.1) is 0 Å². The zero-order valence-corrected chi connectivity index (χ0v) is 17.2. The van der Waals surface area contributed by atoms with Crippen molar-refractivity contribution in [2.75, 3.05) is 6.54 Å². The number of nitrogens with one attached hydrogen (secondary N) is 4. The first-order valence-corrected chi connectivity index (χ1v) is 11.2. The second kappa shape index (κ2) is 8.36. The molecule has 154 valence electrons. The number of carbonyl (C=O) groups is 1. The van der Waals surface area contributed by atoms with Crippen LogP contribution in [0.5, 0.6) is 0 Å². The molecule has 0 aromatic heterocycles. The zero-order valence-electron chi connectivity index (χ0n) is 17.2. The first-order valence-electron chi connectivity index (χ1n) is 11.2. The summed E-state index contributed by atoms with van der Waals surface area (Å²) in [4.78, 5) is 18.7. The fraction of sp³-hybridized carbons (Fsp3) is 0.952. The van der Waals surface area contributed by atoms with Crippen LogP contribution in [-0.2, 0) is 9.63 Å². The smallest absolute Gasteiger partial charge is 0.223 e. The van der Waals surface area contributed by atoms with E-state index in [0.717, 1.165) is 25.8 Å². The molecule has 4 fully saturated rings. The molecule has 4 aliphatic rings. The first kappa shape index (κ1) is 19.6. The van der Waals surface area contributed by atoms with E-state index in [-0.39, 0.29) is 18.3 Å². The lowest BCUT2D eigenvalue weighted by molar-refractivity contribution is -0.127. The minimum Gasteiger partial charge on any atom is -0.353 e. The summed E-state index contributed by atoms with van der Waals surface area (Å²) in [6.45, 7) is 7.60. The Morgan fingerprint density at radius 2 is 1.89 bits per heavy atom. The number of amides is 1. The standard InChI is InChI=1S/C21H38N4O2/c1-12(2)21-24-19(25-27-21)15-5-6-17-14(11-15)4-7-18(17)20(26)23-16-8-9-22-13(3)10-16/h12-19,21-22,24-25H,4-11H2,1-3H3,(H,23,26)/t13?,14?,15?,16?,17?,18-,19?,21?/m0/s1. The predicted octanol–water partition coefficient (Wildman–Crippen LogP) is 2.12. The molecular weight excluding hydrogens is 340 g/mol. The molecule has 0 bridgehead atoms. The number of rotatable bonds is 4. The third-order valence-electron chi connectivity index (χ3n) is 7.50. The lowest BCUT2D eigenvalue weighted by atomic mass is 9.72. The monoisotopic (exact) mass is 378 g/mol. The van der Waals surface area contributed by atoms with E-state index in [1.165, 1.54) is 25.7 Å².